The number of nitrogens with zero attached hydrogens (tertiary/aromatic N) is 1. The van der Waals surface area contributed by atoms with Gasteiger partial charge in [0.25, 0.3) is 5.69 Å². The second-order valence-electron chi connectivity index (χ2n) is 5.56. The number of phenols is 2. The first-order chi connectivity index (χ1) is 11.8. The summed E-state index contributed by atoms with van der Waals surface area (Å²) in [4.78, 5) is 22.6. The third-order valence-corrected chi connectivity index (χ3v) is 3.68. The molecule has 0 saturated heterocycles. The second-order valence-corrected chi connectivity index (χ2v) is 5.56. The summed E-state index contributed by atoms with van der Waals surface area (Å²) in [6.07, 6.45) is 0.342. The van der Waals surface area contributed by atoms with Crippen molar-refractivity contribution in [2.45, 2.75) is 13.3 Å². The monoisotopic (exact) mass is 346 g/mol. The van der Waals surface area contributed by atoms with Gasteiger partial charge in [-0.25, -0.2) is 0 Å². The van der Waals surface area contributed by atoms with E-state index in [2.05, 4.69) is 5.32 Å². The summed E-state index contributed by atoms with van der Waals surface area (Å²) in [7, 11) is 1.36. The Labute approximate surface area is 143 Å². The van der Waals surface area contributed by atoms with Crippen LogP contribution in [0.5, 0.6) is 17.2 Å². The number of nitrogens with one attached hydrogen (secondary N) is 1. The van der Waals surface area contributed by atoms with Crippen molar-refractivity contribution in [3.63, 3.8) is 0 Å². The second kappa shape index (κ2) is 7.52. The highest BCUT2D eigenvalue weighted by molar-refractivity contribution is 5.94. The molecule has 0 aliphatic rings. The Bertz CT molecular complexity index is 806. The number of hydrogen-bond acceptors (Lipinski definition) is 6. The first-order valence-electron chi connectivity index (χ1n) is 7.46. The quantitative estimate of drug-likeness (QED) is 0.420. The lowest BCUT2D eigenvalue weighted by Gasteiger charge is -2.14. The molecule has 0 fully saturated rings. The Morgan fingerprint density at radius 3 is 2.56 bits per heavy atom. The lowest BCUT2D eigenvalue weighted by atomic mass is 10.00. The van der Waals surface area contributed by atoms with Crippen molar-refractivity contribution in [3.05, 3.63) is 52.1 Å². The summed E-state index contributed by atoms with van der Waals surface area (Å²) < 4.78 is 5.08. The van der Waals surface area contributed by atoms with Crippen molar-refractivity contribution in [3.8, 4) is 17.2 Å². The van der Waals surface area contributed by atoms with E-state index >= 15 is 0 Å². The van der Waals surface area contributed by atoms with Crippen LogP contribution in [0.3, 0.4) is 0 Å². The number of benzene rings is 2. The molecule has 8 nitrogen and oxygen atoms in total. The third-order valence-electron chi connectivity index (χ3n) is 3.68. The number of phenolic OH excluding ortho intramolecular Hbond substituents is 2. The van der Waals surface area contributed by atoms with Crippen LogP contribution in [0, 0.1) is 16.0 Å². The van der Waals surface area contributed by atoms with Gasteiger partial charge in [0.2, 0.25) is 5.91 Å². The summed E-state index contributed by atoms with van der Waals surface area (Å²) in [6, 6.07) is 8.29. The smallest absolute Gasteiger partial charge is 0.273 e. The molecule has 0 saturated carbocycles. The van der Waals surface area contributed by atoms with Gasteiger partial charge < -0.3 is 20.3 Å². The summed E-state index contributed by atoms with van der Waals surface area (Å²) in [5, 5.41) is 32.3. The van der Waals surface area contributed by atoms with E-state index in [9.17, 15) is 25.1 Å². The number of hydrogen-bond donors (Lipinski definition) is 3. The maximum absolute atomic E-state index is 12.3. The molecule has 0 aromatic heterocycles. The molecule has 0 aliphatic carbocycles. The van der Waals surface area contributed by atoms with Crippen molar-refractivity contribution in [1.82, 2.24) is 0 Å². The Kier molecular flexibility index (Phi) is 5.43. The van der Waals surface area contributed by atoms with Crippen LogP contribution in [0.4, 0.5) is 11.4 Å². The van der Waals surface area contributed by atoms with Gasteiger partial charge in [-0.15, -0.1) is 0 Å². The number of nitro benzene ring substituents is 1. The molecule has 2 aromatic rings. The van der Waals surface area contributed by atoms with Crippen molar-refractivity contribution in [2.75, 3.05) is 12.4 Å². The van der Waals surface area contributed by atoms with Crippen molar-refractivity contribution >= 4 is 17.3 Å². The average Bonchev–Trinajstić information content (AvgIpc) is 2.58. The number of amides is 1. The van der Waals surface area contributed by atoms with Crippen LogP contribution < -0.4 is 10.1 Å². The molecule has 25 heavy (non-hydrogen) atoms. The van der Waals surface area contributed by atoms with Gasteiger partial charge in [-0.05, 0) is 30.2 Å². The van der Waals surface area contributed by atoms with Gasteiger partial charge in [-0.3, -0.25) is 14.9 Å². The molecule has 2 rings (SSSR count). The Morgan fingerprint density at radius 2 is 1.96 bits per heavy atom. The number of carbonyl (C=O) groups excluding carboxylic acids is 1. The first-order valence-corrected chi connectivity index (χ1v) is 7.46. The number of ether oxygens (including phenoxy) is 1. The maximum atomic E-state index is 12.3. The van der Waals surface area contributed by atoms with Crippen molar-refractivity contribution in [1.29, 1.82) is 0 Å². The molecular formula is C17H18N2O6. The summed E-state index contributed by atoms with van der Waals surface area (Å²) in [5.41, 5.74) is 0.884. The third kappa shape index (κ3) is 4.37. The number of carbonyl (C=O) groups is 1. The van der Waals surface area contributed by atoms with Crippen LogP contribution >= 0.6 is 0 Å². The highest BCUT2D eigenvalue weighted by Gasteiger charge is 2.18. The highest BCUT2D eigenvalue weighted by Crippen LogP contribution is 2.30. The molecule has 0 aliphatic heterocycles. The number of nitro groups is 1. The summed E-state index contributed by atoms with van der Waals surface area (Å²) in [5.74, 6) is -1.03. The van der Waals surface area contributed by atoms with E-state index in [4.69, 9.17) is 4.74 Å². The average molecular weight is 346 g/mol. The molecule has 0 radical (unpaired) electrons. The van der Waals surface area contributed by atoms with Gasteiger partial charge in [-0.2, -0.15) is 0 Å². The van der Waals surface area contributed by atoms with E-state index in [0.717, 1.165) is 0 Å². The molecule has 1 atom stereocenters. The number of non-ortho nitro benzene ring substituents is 1. The predicted molar refractivity (Wildman–Crippen MR) is 90.9 cm³/mol. The SMILES string of the molecule is COc1cc([N+](=O)[O-])ccc1NC(=O)C(C)Cc1ccc(O)c(O)c1. The van der Waals surface area contributed by atoms with E-state index in [1.165, 1.54) is 37.4 Å². The van der Waals surface area contributed by atoms with E-state index in [0.29, 0.717) is 17.7 Å². The fraction of sp³-hybridized carbons (Fsp3) is 0.235. The maximum Gasteiger partial charge on any atom is 0.273 e. The van der Waals surface area contributed by atoms with E-state index in [1.54, 1.807) is 13.0 Å². The molecule has 1 unspecified atom stereocenters. The van der Waals surface area contributed by atoms with E-state index < -0.39 is 10.8 Å². The molecule has 0 spiro atoms. The standard InChI is InChI=1S/C17H18N2O6/c1-10(7-11-3-6-14(20)15(21)8-11)17(22)18-13-5-4-12(19(23)24)9-16(13)25-2/h3-6,8-10,20-21H,7H2,1-2H3,(H,18,22). The molecule has 132 valence electrons. The van der Waals surface area contributed by atoms with Crippen molar-refractivity contribution < 1.29 is 24.7 Å². The minimum absolute atomic E-state index is 0.137. The molecule has 8 heteroatoms. The number of anilines is 1. The molecule has 3 N–H and O–H groups in total. The van der Waals surface area contributed by atoms with Gasteiger partial charge in [-0.1, -0.05) is 13.0 Å². The molecule has 0 heterocycles. The van der Waals surface area contributed by atoms with Gasteiger partial charge in [0.1, 0.15) is 5.75 Å². The van der Waals surface area contributed by atoms with Crippen LogP contribution in [0.25, 0.3) is 0 Å². The van der Waals surface area contributed by atoms with Gasteiger partial charge >= 0.3 is 0 Å². The van der Waals surface area contributed by atoms with Gasteiger partial charge in [0, 0.05) is 12.0 Å². The normalized spacial score (nSPS) is 11.6. The van der Waals surface area contributed by atoms with Crippen molar-refractivity contribution in [2.24, 2.45) is 5.92 Å². The fourth-order valence-corrected chi connectivity index (χ4v) is 2.29. The predicted octanol–water partition coefficient (Wildman–Crippen LogP) is 2.83. The zero-order chi connectivity index (χ0) is 18.6. The first kappa shape index (κ1) is 18.1. The van der Waals surface area contributed by atoms with E-state index in [-0.39, 0.29) is 28.8 Å². The Morgan fingerprint density at radius 1 is 1.24 bits per heavy atom. The minimum Gasteiger partial charge on any atom is -0.504 e. The number of methoxy groups -OCH3 is 1. The molecule has 0 bridgehead atoms. The lowest BCUT2D eigenvalue weighted by Crippen LogP contribution is -2.22. The Balaban J connectivity index is 2.10. The largest absolute Gasteiger partial charge is 0.504 e. The molecule has 2 aromatic carbocycles. The number of rotatable bonds is 6. The summed E-state index contributed by atoms with van der Waals surface area (Å²) >= 11 is 0. The Hall–Kier alpha value is -3.29. The minimum atomic E-state index is -0.548. The van der Waals surface area contributed by atoms with Crippen LogP contribution in [0.15, 0.2) is 36.4 Å². The zero-order valence-electron chi connectivity index (χ0n) is 13.7. The van der Waals surface area contributed by atoms with Crippen LogP contribution in [0.2, 0.25) is 0 Å². The topological polar surface area (TPSA) is 122 Å². The zero-order valence-corrected chi connectivity index (χ0v) is 13.7. The van der Waals surface area contributed by atoms with E-state index in [1.807, 2.05) is 0 Å². The van der Waals surface area contributed by atoms with Crippen LogP contribution in [-0.2, 0) is 11.2 Å². The van der Waals surface area contributed by atoms with Gasteiger partial charge in [0.15, 0.2) is 11.5 Å². The van der Waals surface area contributed by atoms with Crippen LogP contribution in [-0.4, -0.2) is 28.2 Å². The van der Waals surface area contributed by atoms with Gasteiger partial charge in [0.05, 0.1) is 23.8 Å². The lowest BCUT2D eigenvalue weighted by molar-refractivity contribution is -0.384. The fourth-order valence-electron chi connectivity index (χ4n) is 2.29. The number of aromatic hydroxyl groups is 2. The molecule has 1 amide bonds. The summed E-state index contributed by atoms with van der Waals surface area (Å²) in [6.45, 7) is 1.71. The molecular weight excluding hydrogens is 328 g/mol. The van der Waals surface area contributed by atoms with Crippen LogP contribution in [0.1, 0.15) is 12.5 Å². The highest BCUT2D eigenvalue weighted by atomic mass is 16.6.